The zero-order chi connectivity index (χ0) is 17.9. The van der Waals surface area contributed by atoms with E-state index in [2.05, 4.69) is 27.1 Å². The molecule has 1 N–H and O–H groups in total. The van der Waals surface area contributed by atoms with Gasteiger partial charge < -0.3 is 10.2 Å². The molecule has 7 heteroatoms. The molecule has 3 aromatic heterocycles. The second kappa shape index (κ2) is 7.72. The van der Waals surface area contributed by atoms with Gasteiger partial charge >= 0.3 is 0 Å². The van der Waals surface area contributed by atoms with Gasteiger partial charge in [-0.2, -0.15) is 0 Å². The summed E-state index contributed by atoms with van der Waals surface area (Å²) in [6.45, 7) is 3.71. The van der Waals surface area contributed by atoms with Crippen LogP contribution in [0.5, 0.6) is 0 Å². The summed E-state index contributed by atoms with van der Waals surface area (Å²) in [5.41, 5.74) is 1.41. The average Bonchev–Trinajstić information content (AvgIpc) is 3.31. The lowest BCUT2D eigenvalue weighted by atomic mass is 9.97. The van der Waals surface area contributed by atoms with Gasteiger partial charge in [0, 0.05) is 16.3 Å². The Morgan fingerprint density at radius 2 is 2.19 bits per heavy atom. The summed E-state index contributed by atoms with van der Waals surface area (Å²) in [6, 6.07) is 4.04. The van der Waals surface area contributed by atoms with Crippen molar-refractivity contribution in [1.29, 1.82) is 0 Å². The van der Waals surface area contributed by atoms with E-state index < -0.39 is 0 Å². The van der Waals surface area contributed by atoms with Gasteiger partial charge in [0.2, 0.25) is 5.91 Å². The van der Waals surface area contributed by atoms with Gasteiger partial charge in [-0.1, -0.05) is 6.07 Å². The van der Waals surface area contributed by atoms with Crippen LogP contribution in [0.15, 0.2) is 23.8 Å². The summed E-state index contributed by atoms with van der Waals surface area (Å²) in [4.78, 5) is 27.2. The van der Waals surface area contributed by atoms with E-state index in [9.17, 15) is 4.79 Å². The molecule has 5 nitrogen and oxygen atoms in total. The Bertz CT molecular complexity index is 904. The van der Waals surface area contributed by atoms with Gasteiger partial charge in [-0.3, -0.25) is 4.79 Å². The average molecular weight is 387 g/mol. The molecule has 0 radical (unpaired) electrons. The molecule has 0 saturated carbocycles. The SMILES string of the molecule is CCN(CC(=O)NCc1cccs1)c1ncnc2sc3c(c12)CCCC3. The highest BCUT2D eigenvalue weighted by atomic mass is 32.1. The Morgan fingerprint density at radius 3 is 3.00 bits per heavy atom. The molecule has 4 rings (SSSR count). The Hall–Kier alpha value is -1.99. The quantitative estimate of drug-likeness (QED) is 0.700. The van der Waals surface area contributed by atoms with E-state index >= 15 is 0 Å². The van der Waals surface area contributed by atoms with Crippen molar-refractivity contribution in [3.05, 3.63) is 39.2 Å². The lowest BCUT2D eigenvalue weighted by Crippen LogP contribution is -2.37. The lowest BCUT2D eigenvalue weighted by Gasteiger charge is -2.23. The summed E-state index contributed by atoms with van der Waals surface area (Å²) >= 11 is 3.45. The highest BCUT2D eigenvalue weighted by Crippen LogP contribution is 2.39. The zero-order valence-electron chi connectivity index (χ0n) is 14.8. The van der Waals surface area contributed by atoms with Crippen molar-refractivity contribution in [2.24, 2.45) is 0 Å². The fourth-order valence-corrected chi connectivity index (χ4v) is 5.35. The zero-order valence-corrected chi connectivity index (χ0v) is 16.5. The van der Waals surface area contributed by atoms with Crippen molar-refractivity contribution in [3.63, 3.8) is 0 Å². The normalized spacial score (nSPS) is 13.6. The Labute approximate surface area is 161 Å². The first kappa shape index (κ1) is 17.4. The summed E-state index contributed by atoms with van der Waals surface area (Å²) in [7, 11) is 0. The number of likely N-dealkylation sites (N-methyl/N-ethyl adjacent to an activating group) is 1. The number of nitrogens with zero attached hydrogens (tertiary/aromatic N) is 3. The van der Waals surface area contributed by atoms with Gasteiger partial charge in [0.1, 0.15) is 17.0 Å². The maximum Gasteiger partial charge on any atom is 0.239 e. The summed E-state index contributed by atoms with van der Waals surface area (Å²) in [5.74, 6) is 0.930. The first-order valence-electron chi connectivity index (χ1n) is 9.05. The minimum atomic E-state index is 0.0242. The van der Waals surface area contributed by atoms with E-state index in [-0.39, 0.29) is 5.91 Å². The monoisotopic (exact) mass is 386 g/mol. The molecule has 0 spiro atoms. The lowest BCUT2D eigenvalue weighted by molar-refractivity contribution is -0.119. The molecule has 0 fully saturated rings. The molecule has 3 heterocycles. The first-order valence-corrected chi connectivity index (χ1v) is 10.7. The highest BCUT2D eigenvalue weighted by Gasteiger charge is 2.22. The summed E-state index contributed by atoms with van der Waals surface area (Å²) in [6.07, 6.45) is 6.35. The summed E-state index contributed by atoms with van der Waals surface area (Å²) < 4.78 is 0. The molecule has 136 valence electrons. The number of carbonyl (C=O) groups excluding carboxylic acids is 1. The van der Waals surface area contributed by atoms with Crippen molar-refractivity contribution in [1.82, 2.24) is 15.3 Å². The molecule has 0 aromatic carbocycles. The van der Waals surface area contributed by atoms with Crippen LogP contribution in [0.1, 0.15) is 35.1 Å². The van der Waals surface area contributed by atoms with Crippen LogP contribution >= 0.6 is 22.7 Å². The van der Waals surface area contributed by atoms with Crippen molar-refractivity contribution in [2.45, 2.75) is 39.2 Å². The number of anilines is 1. The Balaban J connectivity index is 1.56. The molecule has 1 aliphatic rings. The second-order valence-corrected chi connectivity index (χ2v) is 8.57. The van der Waals surface area contributed by atoms with Gasteiger partial charge in [-0.05, 0) is 49.6 Å². The van der Waals surface area contributed by atoms with Crippen LogP contribution in [0.2, 0.25) is 0 Å². The Kier molecular flexibility index (Phi) is 5.17. The van der Waals surface area contributed by atoms with E-state index in [1.807, 2.05) is 17.5 Å². The topological polar surface area (TPSA) is 58.1 Å². The summed E-state index contributed by atoms with van der Waals surface area (Å²) in [5, 5.41) is 6.20. The van der Waals surface area contributed by atoms with Crippen LogP contribution in [-0.2, 0) is 24.2 Å². The van der Waals surface area contributed by atoms with E-state index in [4.69, 9.17) is 0 Å². The third-order valence-electron chi connectivity index (χ3n) is 4.79. The fraction of sp³-hybridized carbons (Fsp3) is 0.421. The van der Waals surface area contributed by atoms with Crippen LogP contribution in [0, 0.1) is 0 Å². The molecule has 0 saturated heterocycles. The van der Waals surface area contributed by atoms with E-state index in [1.54, 1.807) is 29.0 Å². The van der Waals surface area contributed by atoms with Crippen LogP contribution in [-0.4, -0.2) is 29.0 Å². The van der Waals surface area contributed by atoms with Crippen LogP contribution in [0.25, 0.3) is 10.2 Å². The molecule has 3 aromatic rings. The number of hydrogen-bond donors (Lipinski definition) is 1. The van der Waals surface area contributed by atoms with Crippen molar-refractivity contribution in [2.75, 3.05) is 18.0 Å². The maximum absolute atomic E-state index is 12.5. The predicted octanol–water partition coefficient (Wildman–Crippen LogP) is 3.77. The van der Waals surface area contributed by atoms with E-state index in [0.717, 1.165) is 34.9 Å². The number of thiophene rings is 2. The smallest absolute Gasteiger partial charge is 0.239 e. The molecule has 0 bridgehead atoms. The van der Waals surface area contributed by atoms with Crippen molar-refractivity contribution >= 4 is 44.6 Å². The number of aryl methyl sites for hydroxylation is 2. The van der Waals surface area contributed by atoms with Crippen molar-refractivity contribution < 1.29 is 4.79 Å². The molecule has 1 aliphatic carbocycles. The number of fused-ring (bicyclic) bond motifs is 3. The molecular formula is C19H22N4OS2. The third kappa shape index (κ3) is 3.46. The number of carbonyl (C=O) groups is 1. The molecular weight excluding hydrogens is 364 g/mol. The van der Waals surface area contributed by atoms with Gasteiger partial charge in [0.15, 0.2) is 0 Å². The molecule has 0 atom stereocenters. The van der Waals surface area contributed by atoms with Crippen molar-refractivity contribution in [3.8, 4) is 0 Å². The van der Waals surface area contributed by atoms with Gasteiger partial charge in [-0.25, -0.2) is 9.97 Å². The van der Waals surface area contributed by atoms with Gasteiger partial charge in [0.25, 0.3) is 0 Å². The number of nitrogens with one attached hydrogen (secondary N) is 1. The third-order valence-corrected chi connectivity index (χ3v) is 6.86. The van der Waals surface area contributed by atoms with E-state index in [0.29, 0.717) is 13.1 Å². The number of hydrogen-bond acceptors (Lipinski definition) is 6. The van der Waals surface area contributed by atoms with Crippen LogP contribution in [0.3, 0.4) is 0 Å². The van der Waals surface area contributed by atoms with Gasteiger partial charge in [0.05, 0.1) is 18.5 Å². The first-order chi connectivity index (χ1) is 12.8. The predicted molar refractivity (Wildman–Crippen MR) is 108 cm³/mol. The fourth-order valence-electron chi connectivity index (χ4n) is 3.48. The van der Waals surface area contributed by atoms with Crippen LogP contribution < -0.4 is 10.2 Å². The van der Waals surface area contributed by atoms with Crippen LogP contribution in [0.4, 0.5) is 5.82 Å². The maximum atomic E-state index is 12.5. The standard InChI is InChI=1S/C19H22N4OS2/c1-2-23(11-16(24)20-10-13-6-5-9-25-13)18-17-14-7-3-4-8-15(14)26-19(17)22-12-21-18/h5-6,9,12H,2-4,7-8,10-11H2,1H3,(H,20,24). The highest BCUT2D eigenvalue weighted by molar-refractivity contribution is 7.19. The molecule has 0 unspecified atom stereocenters. The largest absolute Gasteiger partial charge is 0.350 e. The van der Waals surface area contributed by atoms with E-state index in [1.165, 1.54) is 28.7 Å². The minimum absolute atomic E-state index is 0.0242. The Morgan fingerprint density at radius 1 is 1.31 bits per heavy atom. The molecule has 1 amide bonds. The molecule has 0 aliphatic heterocycles. The molecule has 26 heavy (non-hydrogen) atoms. The number of rotatable bonds is 6. The second-order valence-electron chi connectivity index (χ2n) is 6.46. The number of aromatic nitrogens is 2. The number of amides is 1. The van der Waals surface area contributed by atoms with Gasteiger partial charge in [-0.15, -0.1) is 22.7 Å². The minimum Gasteiger partial charge on any atom is -0.350 e.